The van der Waals surface area contributed by atoms with Crippen molar-refractivity contribution in [3.63, 3.8) is 0 Å². The Bertz CT molecular complexity index is 1420. The second-order valence-electron chi connectivity index (χ2n) is 8.07. The van der Waals surface area contributed by atoms with E-state index in [1.54, 1.807) is 72.8 Å². The van der Waals surface area contributed by atoms with Crippen molar-refractivity contribution in [3.05, 3.63) is 101 Å². The largest absolute Gasteiger partial charge is 0.489 e. The fourth-order valence-corrected chi connectivity index (χ4v) is 4.41. The van der Waals surface area contributed by atoms with Crippen molar-refractivity contribution in [2.24, 2.45) is 0 Å². The van der Waals surface area contributed by atoms with Crippen LogP contribution in [0.3, 0.4) is 0 Å². The summed E-state index contributed by atoms with van der Waals surface area (Å²) in [5.41, 5.74) is 3.94. The van der Waals surface area contributed by atoms with Crippen LogP contribution in [0.25, 0.3) is 0 Å². The number of amides is 1. The SMILES string of the molecule is Cc1ccc(S(=O)(=O)Nc2ccc(NC(=O)c3cccc(OCc4c(C)noc4C)c3)cc2)cc1. The number of aryl methyl sites for hydroxylation is 3. The predicted molar refractivity (Wildman–Crippen MR) is 133 cm³/mol. The third-order valence-corrected chi connectivity index (χ3v) is 6.78. The molecule has 0 fully saturated rings. The number of carbonyl (C=O) groups excluding carboxylic acids is 1. The Morgan fingerprint density at radius 3 is 2.29 bits per heavy atom. The maximum absolute atomic E-state index is 12.7. The highest BCUT2D eigenvalue weighted by molar-refractivity contribution is 7.92. The summed E-state index contributed by atoms with van der Waals surface area (Å²) in [5.74, 6) is 0.917. The first kappa shape index (κ1) is 24.0. The number of aromatic nitrogens is 1. The number of rotatable bonds is 8. The third kappa shape index (κ3) is 5.88. The van der Waals surface area contributed by atoms with E-state index in [1.807, 2.05) is 20.8 Å². The number of benzene rings is 3. The van der Waals surface area contributed by atoms with Gasteiger partial charge in [-0.1, -0.05) is 28.9 Å². The molecule has 1 amide bonds. The van der Waals surface area contributed by atoms with Gasteiger partial charge in [-0.2, -0.15) is 0 Å². The Kier molecular flexibility index (Phi) is 6.88. The van der Waals surface area contributed by atoms with Gasteiger partial charge in [0, 0.05) is 16.9 Å². The number of nitrogens with one attached hydrogen (secondary N) is 2. The normalized spacial score (nSPS) is 11.2. The van der Waals surface area contributed by atoms with Gasteiger partial charge < -0.3 is 14.6 Å². The van der Waals surface area contributed by atoms with E-state index in [9.17, 15) is 13.2 Å². The number of sulfonamides is 1. The van der Waals surface area contributed by atoms with E-state index < -0.39 is 10.0 Å². The van der Waals surface area contributed by atoms with E-state index in [0.717, 1.165) is 16.8 Å². The summed E-state index contributed by atoms with van der Waals surface area (Å²) >= 11 is 0. The number of hydrogen-bond acceptors (Lipinski definition) is 6. The Balaban J connectivity index is 1.38. The van der Waals surface area contributed by atoms with Crippen LogP contribution < -0.4 is 14.8 Å². The fraction of sp³-hybridized carbons (Fsp3) is 0.154. The molecule has 0 bridgehead atoms. The fourth-order valence-electron chi connectivity index (χ4n) is 3.35. The van der Waals surface area contributed by atoms with Crippen LogP contribution in [0.4, 0.5) is 11.4 Å². The van der Waals surface area contributed by atoms with Crippen LogP contribution in [-0.4, -0.2) is 19.5 Å². The number of hydrogen-bond donors (Lipinski definition) is 2. The second-order valence-corrected chi connectivity index (χ2v) is 9.75. The average molecular weight is 492 g/mol. The van der Waals surface area contributed by atoms with E-state index in [4.69, 9.17) is 9.26 Å². The van der Waals surface area contributed by atoms with Gasteiger partial charge in [0.05, 0.1) is 16.2 Å². The topological polar surface area (TPSA) is 111 Å². The van der Waals surface area contributed by atoms with E-state index in [-0.39, 0.29) is 17.4 Å². The lowest BCUT2D eigenvalue weighted by atomic mass is 10.2. The molecule has 9 heteroatoms. The van der Waals surface area contributed by atoms with Crippen molar-refractivity contribution in [1.82, 2.24) is 5.16 Å². The molecule has 0 aliphatic carbocycles. The molecule has 3 aromatic carbocycles. The van der Waals surface area contributed by atoms with Crippen LogP contribution >= 0.6 is 0 Å². The van der Waals surface area contributed by atoms with Gasteiger partial charge in [0.25, 0.3) is 15.9 Å². The summed E-state index contributed by atoms with van der Waals surface area (Å²) in [5, 5.41) is 6.71. The summed E-state index contributed by atoms with van der Waals surface area (Å²) < 4.78 is 38.6. The number of anilines is 2. The minimum atomic E-state index is -3.70. The molecule has 35 heavy (non-hydrogen) atoms. The van der Waals surface area contributed by atoms with Crippen molar-refractivity contribution in [1.29, 1.82) is 0 Å². The molecule has 0 unspecified atom stereocenters. The minimum absolute atomic E-state index is 0.178. The molecule has 0 aliphatic heterocycles. The molecule has 0 atom stereocenters. The molecule has 0 saturated carbocycles. The third-order valence-electron chi connectivity index (χ3n) is 5.39. The lowest BCUT2D eigenvalue weighted by Crippen LogP contribution is -2.14. The second kappa shape index (κ2) is 10.0. The van der Waals surface area contributed by atoms with Gasteiger partial charge in [-0.05, 0) is 75.4 Å². The molecule has 1 heterocycles. The highest BCUT2D eigenvalue weighted by Crippen LogP contribution is 2.21. The summed E-state index contributed by atoms with van der Waals surface area (Å²) in [6.45, 7) is 5.84. The zero-order valence-electron chi connectivity index (χ0n) is 19.5. The van der Waals surface area contributed by atoms with E-state index in [2.05, 4.69) is 15.2 Å². The molecule has 1 aromatic heterocycles. The highest BCUT2D eigenvalue weighted by atomic mass is 32.2. The van der Waals surface area contributed by atoms with Crippen LogP contribution in [0.5, 0.6) is 5.75 Å². The van der Waals surface area contributed by atoms with Crippen LogP contribution in [0.1, 0.15) is 32.9 Å². The lowest BCUT2D eigenvalue weighted by molar-refractivity contribution is 0.102. The Morgan fingerprint density at radius 2 is 1.63 bits per heavy atom. The van der Waals surface area contributed by atoms with Gasteiger partial charge in [0.1, 0.15) is 18.1 Å². The number of ether oxygens (including phenoxy) is 1. The van der Waals surface area contributed by atoms with Crippen LogP contribution in [0.15, 0.2) is 82.2 Å². The monoisotopic (exact) mass is 491 g/mol. The first-order valence-electron chi connectivity index (χ1n) is 10.9. The number of nitrogens with zero attached hydrogens (tertiary/aromatic N) is 1. The molecule has 2 N–H and O–H groups in total. The highest BCUT2D eigenvalue weighted by Gasteiger charge is 2.14. The smallest absolute Gasteiger partial charge is 0.261 e. The first-order valence-corrected chi connectivity index (χ1v) is 12.3. The van der Waals surface area contributed by atoms with Crippen molar-refractivity contribution in [2.75, 3.05) is 10.0 Å². The Morgan fingerprint density at radius 1 is 0.943 bits per heavy atom. The Labute approximate surface area is 204 Å². The minimum Gasteiger partial charge on any atom is -0.489 e. The molecule has 0 saturated heterocycles. The average Bonchev–Trinajstić information content (AvgIpc) is 3.16. The van der Waals surface area contributed by atoms with Crippen molar-refractivity contribution >= 4 is 27.3 Å². The lowest BCUT2D eigenvalue weighted by Gasteiger charge is -2.11. The van der Waals surface area contributed by atoms with Gasteiger partial charge in [-0.15, -0.1) is 0 Å². The first-order chi connectivity index (χ1) is 16.7. The maximum Gasteiger partial charge on any atom is 0.261 e. The van der Waals surface area contributed by atoms with Crippen molar-refractivity contribution in [3.8, 4) is 5.75 Å². The summed E-state index contributed by atoms with van der Waals surface area (Å²) in [6.07, 6.45) is 0. The molecule has 0 radical (unpaired) electrons. The zero-order chi connectivity index (χ0) is 25.0. The molecular formula is C26H25N3O5S. The summed E-state index contributed by atoms with van der Waals surface area (Å²) in [6, 6.07) is 19.9. The quantitative estimate of drug-likeness (QED) is 0.349. The van der Waals surface area contributed by atoms with Crippen LogP contribution in [0, 0.1) is 20.8 Å². The summed E-state index contributed by atoms with van der Waals surface area (Å²) in [4.78, 5) is 12.9. The van der Waals surface area contributed by atoms with Gasteiger partial charge in [-0.3, -0.25) is 9.52 Å². The summed E-state index contributed by atoms with van der Waals surface area (Å²) in [7, 11) is -3.70. The maximum atomic E-state index is 12.7. The van der Waals surface area contributed by atoms with E-state index in [0.29, 0.717) is 28.4 Å². The van der Waals surface area contributed by atoms with E-state index in [1.165, 1.54) is 0 Å². The van der Waals surface area contributed by atoms with Gasteiger partial charge in [-0.25, -0.2) is 8.42 Å². The molecule has 0 spiro atoms. The van der Waals surface area contributed by atoms with Crippen LogP contribution in [-0.2, 0) is 16.6 Å². The molecule has 4 rings (SSSR count). The Hall–Kier alpha value is -4.11. The molecular weight excluding hydrogens is 466 g/mol. The number of carbonyl (C=O) groups is 1. The molecule has 0 aliphatic rings. The van der Waals surface area contributed by atoms with E-state index >= 15 is 0 Å². The van der Waals surface area contributed by atoms with Gasteiger partial charge in [0.15, 0.2) is 0 Å². The standard InChI is InChI=1S/C26H25N3O5S/c1-17-7-13-24(14-8-17)35(31,32)29-22-11-9-21(10-12-22)27-26(30)20-5-4-6-23(15-20)33-16-25-18(2)28-34-19(25)3/h4-15,29H,16H2,1-3H3,(H,27,30). The van der Waals surface area contributed by atoms with Gasteiger partial charge in [0.2, 0.25) is 0 Å². The van der Waals surface area contributed by atoms with Crippen LogP contribution in [0.2, 0.25) is 0 Å². The van der Waals surface area contributed by atoms with Gasteiger partial charge >= 0.3 is 0 Å². The predicted octanol–water partition coefficient (Wildman–Crippen LogP) is 5.23. The molecule has 4 aromatic rings. The van der Waals surface area contributed by atoms with Crippen molar-refractivity contribution < 1.29 is 22.5 Å². The molecule has 180 valence electrons. The van der Waals surface area contributed by atoms with Crippen molar-refractivity contribution in [2.45, 2.75) is 32.3 Å². The molecule has 8 nitrogen and oxygen atoms in total. The zero-order valence-corrected chi connectivity index (χ0v) is 20.3.